The predicted octanol–water partition coefficient (Wildman–Crippen LogP) is 4.22. The van der Waals surface area contributed by atoms with Crippen LogP contribution in [0.4, 0.5) is 4.39 Å². The molecule has 3 rings (SSSR count). The minimum absolute atomic E-state index is 0.263. The fourth-order valence-electron chi connectivity index (χ4n) is 2.08. The Morgan fingerprint density at radius 1 is 1.11 bits per heavy atom. The standard InChI is InChI=1S/C15H11FINO/c16-11-6-3-4-9-8-13(19-15(9)11)14(18)10-5-1-2-7-12(10)17/h1-8,14H,18H2. The summed E-state index contributed by atoms with van der Waals surface area (Å²) in [5.74, 6) is 0.211. The molecule has 0 aliphatic heterocycles. The molecule has 96 valence electrons. The Morgan fingerprint density at radius 2 is 1.89 bits per heavy atom. The van der Waals surface area contributed by atoms with Crippen LogP contribution < -0.4 is 5.73 Å². The van der Waals surface area contributed by atoms with Gasteiger partial charge >= 0.3 is 0 Å². The van der Waals surface area contributed by atoms with Gasteiger partial charge in [0.2, 0.25) is 0 Å². The second-order valence-corrected chi connectivity index (χ2v) is 5.47. The van der Waals surface area contributed by atoms with E-state index in [2.05, 4.69) is 22.6 Å². The minimum Gasteiger partial charge on any atom is -0.456 e. The Bertz CT molecular complexity index is 738. The maximum Gasteiger partial charge on any atom is 0.169 e. The SMILES string of the molecule is NC(c1cc2cccc(F)c2o1)c1ccccc1I. The first-order valence-corrected chi connectivity index (χ1v) is 6.92. The number of hydrogen-bond acceptors (Lipinski definition) is 2. The molecular formula is C15H11FINO. The second kappa shape index (κ2) is 4.94. The van der Waals surface area contributed by atoms with Gasteiger partial charge in [-0.1, -0.05) is 30.3 Å². The third-order valence-electron chi connectivity index (χ3n) is 3.06. The molecule has 0 radical (unpaired) electrons. The van der Waals surface area contributed by atoms with E-state index in [0.717, 1.165) is 14.5 Å². The van der Waals surface area contributed by atoms with Crippen molar-refractivity contribution in [2.75, 3.05) is 0 Å². The molecule has 0 amide bonds. The van der Waals surface area contributed by atoms with Crippen LogP contribution >= 0.6 is 22.6 Å². The number of furan rings is 1. The molecule has 0 spiro atoms. The molecule has 19 heavy (non-hydrogen) atoms. The zero-order valence-corrected chi connectivity index (χ0v) is 12.1. The Balaban J connectivity index is 2.10. The second-order valence-electron chi connectivity index (χ2n) is 4.31. The number of rotatable bonds is 2. The van der Waals surface area contributed by atoms with Crippen molar-refractivity contribution >= 4 is 33.6 Å². The van der Waals surface area contributed by atoms with Crippen molar-refractivity contribution in [3.63, 3.8) is 0 Å². The maximum atomic E-state index is 13.6. The van der Waals surface area contributed by atoms with Gasteiger partial charge in [-0.3, -0.25) is 0 Å². The van der Waals surface area contributed by atoms with Crippen LogP contribution in [-0.2, 0) is 0 Å². The van der Waals surface area contributed by atoms with Gasteiger partial charge in [-0.05, 0) is 46.4 Å². The summed E-state index contributed by atoms with van der Waals surface area (Å²) in [5, 5.41) is 0.733. The van der Waals surface area contributed by atoms with E-state index in [4.69, 9.17) is 10.2 Å². The monoisotopic (exact) mass is 367 g/mol. The van der Waals surface area contributed by atoms with Crippen molar-refractivity contribution in [1.82, 2.24) is 0 Å². The van der Waals surface area contributed by atoms with Crippen LogP contribution in [0.3, 0.4) is 0 Å². The van der Waals surface area contributed by atoms with E-state index in [0.29, 0.717) is 5.76 Å². The van der Waals surface area contributed by atoms with E-state index in [1.54, 1.807) is 12.1 Å². The zero-order chi connectivity index (χ0) is 13.4. The van der Waals surface area contributed by atoms with Crippen molar-refractivity contribution in [2.24, 2.45) is 5.73 Å². The van der Waals surface area contributed by atoms with Crippen LogP contribution in [0.15, 0.2) is 52.9 Å². The van der Waals surface area contributed by atoms with Crippen LogP contribution in [0.5, 0.6) is 0 Å². The molecule has 2 nitrogen and oxygen atoms in total. The Kier molecular flexibility index (Phi) is 3.28. The number of nitrogens with two attached hydrogens (primary N) is 1. The molecule has 0 saturated heterocycles. The summed E-state index contributed by atoms with van der Waals surface area (Å²) in [6, 6.07) is 14.1. The number of fused-ring (bicyclic) bond motifs is 1. The van der Waals surface area contributed by atoms with Crippen molar-refractivity contribution < 1.29 is 8.81 Å². The highest BCUT2D eigenvalue weighted by Gasteiger charge is 2.17. The molecule has 0 saturated carbocycles. The number of benzene rings is 2. The van der Waals surface area contributed by atoms with E-state index >= 15 is 0 Å². The topological polar surface area (TPSA) is 39.2 Å². The summed E-state index contributed by atoms with van der Waals surface area (Å²) in [6.07, 6.45) is 0. The molecular weight excluding hydrogens is 356 g/mol. The minimum atomic E-state index is -0.389. The van der Waals surface area contributed by atoms with E-state index < -0.39 is 0 Å². The summed E-state index contributed by atoms with van der Waals surface area (Å²) in [5.41, 5.74) is 7.45. The molecule has 1 heterocycles. The molecule has 2 aromatic carbocycles. The van der Waals surface area contributed by atoms with E-state index in [1.807, 2.05) is 30.3 Å². The van der Waals surface area contributed by atoms with E-state index in [9.17, 15) is 4.39 Å². The van der Waals surface area contributed by atoms with Gasteiger partial charge in [-0.25, -0.2) is 4.39 Å². The van der Waals surface area contributed by atoms with Crippen LogP contribution in [-0.4, -0.2) is 0 Å². The van der Waals surface area contributed by atoms with Gasteiger partial charge in [0.15, 0.2) is 11.4 Å². The van der Waals surface area contributed by atoms with Gasteiger partial charge in [0.25, 0.3) is 0 Å². The van der Waals surface area contributed by atoms with Crippen LogP contribution in [0, 0.1) is 9.39 Å². The quantitative estimate of drug-likeness (QED) is 0.689. The summed E-state index contributed by atoms with van der Waals surface area (Å²) in [6.45, 7) is 0. The smallest absolute Gasteiger partial charge is 0.169 e. The van der Waals surface area contributed by atoms with Gasteiger partial charge < -0.3 is 10.2 Å². The van der Waals surface area contributed by atoms with Crippen LogP contribution in [0.1, 0.15) is 17.4 Å². The number of hydrogen-bond donors (Lipinski definition) is 1. The molecule has 0 fully saturated rings. The fraction of sp³-hybridized carbons (Fsp3) is 0.0667. The maximum absolute atomic E-state index is 13.6. The lowest BCUT2D eigenvalue weighted by Crippen LogP contribution is -2.12. The third kappa shape index (κ3) is 2.26. The number of halogens is 2. The summed E-state index contributed by atoms with van der Waals surface area (Å²) in [7, 11) is 0. The first kappa shape index (κ1) is 12.6. The molecule has 0 aliphatic carbocycles. The summed E-state index contributed by atoms with van der Waals surface area (Å²) >= 11 is 2.23. The van der Waals surface area contributed by atoms with Gasteiger partial charge in [-0.2, -0.15) is 0 Å². The molecule has 4 heteroatoms. The highest BCUT2D eigenvalue weighted by atomic mass is 127. The molecule has 0 aliphatic rings. The van der Waals surface area contributed by atoms with Gasteiger partial charge in [0.1, 0.15) is 5.76 Å². The number of para-hydroxylation sites is 1. The molecule has 1 aromatic heterocycles. The Morgan fingerprint density at radius 3 is 2.63 bits per heavy atom. The van der Waals surface area contributed by atoms with Gasteiger partial charge in [-0.15, -0.1) is 0 Å². The first-order valence-electron chi connectivity index (χ1n) is 5.85. The lowest BCUT2D eigenvalue weighted by atomic mass is 10.1. The first-order chi connectivity index (χ1) is 9.16. The molecule has 1 atom stereocenters. The Hall–Kier alpha value is -1.40. The third-order valence-corrected chi connectivity index (χ3v) is 4.04. The van der Waals surface area contributed by atoms with Crippen molar-refractivity contribution in [2.45, 2.75) is 6.04 Å². The highest BCUT2D eigenvalue weighted by Crippen LogP contribution is 2.29. The van der Waals surface area contributed by atoms with Crippen molar-refractivity contribution in [1.29, 1.82) is 0 Å². The molecule has 0 bridgehead atoms. The van der Waals surface area contributed by atoms with Gasteiger partial charge in [0.05, 0.1) is 6.04 Å². The summed E-state index contributed by atoms with van der Waals surface area (Å²) < 4.78 is 20.2. The molecule has 1 unspecified atom stereocenters. The predicted molar refractivity (Wildman–Crippen MR) is 81.4 cm³/mol. The van der Waals surface area contributed by atoms with Crippen molar-refractivity contribution in [3.05, 3.63) is 69.2 Å². The molecule has 3 aromatic rings. The fourth-order valence-corrected chi connectivity index (χ4v) is 2.80. The van der Waals surface area contributed by atoms with Gasteiger partial charge in [0, 0.05) is 8.96 Å². The normalized spacial score (nSPS) is 12.8. The van der Waals surface area contributed by atoms with Crippen LogP contribution in [0.25, 0.3) is 11.0 Å². The van der Waals surface area contributed by atoms with E-state index in [-0.39, 0.29) is 17.4 Å². The van der Waals surface area contributed by atoms with E-state index in [1.165, 1.54) is 6.07 Å². The Labute approximate surface area is 123 Å². The molecule has 2 N–H and O–H groups in total. The average molecular weight is 367 g/mol. The highest BCUT2D eigenvalue weighted by molar-refractivity contribution is 14.1. The van der Waals surface area contributed by atoms with Crippen molar-refractivity contribution in [3.8, 4) is 0 Å². The average Bonchev–Trinajstić information content (AvgIpc) is 2.84. The zero-order valence-electron chi connectivity index (χ0n) is 9.94. The largest absolute Gasteiger partial charge is 0.456 e. The van der Waals surface area contributed by atoms with Crippen LogP contribution in [0.2, 0.25) is 0 Å². The lowest BCUT2D eigenvalue weighted by molar-refractivity contribution is 0.501. The summed E-state index contributed by atoms with van der Waals surface area (Å²) in [4.78, 5) is 0. The lowest BCUT2D eigenvalue weighted by Gasteiger charge is -2.10.